The molecule has 3 N–H and O–H groups in total. The Morgan fingerprint density at radius 3 is 2.59 bits per heavy atom. The van der Waals surface area contributed by atoms with E-state index in [1.54, 1.807) is 28.8 Å². The Morgan fingerprint density at radius 2 is 1.84 bits per heavy atom. The molecule has 2 aromatic heterocycles. The van der Waals surface area contributed by atoms with Gasteiger partial charge in [0.2, 0.25) is 0 Å². The second-order valence-corrected chi connectivity index (χ2v) is 8.55. The van der Waals surface area contributed by atoms with Crippen LogP contribution in [0.2, 0.25) is 0 Å². The first-order valence-corrected chi connectivity index (χ1v) is 11.3. The number of halogens is 3. The van der Waals surface area contributed by atoms with Crippen molar-refractivity contribution >= 4 is 17.0 Å². The second-order valence-electron chi connectivity index (χ2n) is 8.55. The number of aromatic nitrogens is 4. The standard InChI is InChI=1S/C24H20F3N5O5/c25-24(26,27)14-6-4-12(5-7-14)13-2-1-3-15(8-13)36-23-30-20(28)17-21(31-23)32(10-29-17)22-19-18(34-11-35-19)16(9-33)37-22/h1-8,10,16,18-19,22,33H,9,11H2,(H2,28,30,31)/t16-,18-,19-,22-/m1/s1. The van der Waals surface area contributed by atoms with Crippen LogP contribution >= 0.6 is 0 Å². The van der Waals surface area contributed by atoms with Crippen molar-refractivity contribution in [2.75, 3.05) is 19.1 Å². The van der Waals surface area contributed by atoms with Gasteiger partial charge in [0.05, 0.1) is 18.5 Å². The van der Waals surface area contributed by atoms with Crippen LogP contribution in [0, 0.1) is 0 Å². The van der Waals surface area contributed by atoms with Crippen LogP contribution in [0.1, 0.15) is 11.8 Å². The van der Waals surface area contributed by atoms with Crippen molar-refractivity contribution in [1.82, 2.24) is 19.5 Å². The Kier molecular flexibility index (Phi) is 5.71. The van der Waals surface area contributed by atoms with Gasteiger partial charge in [-0.05, 0) is 35.4 Å². The number of anilines is 1. The number of alkyl halides is 3. The summed E-state index contributed by atoms with van der Waals surface area (Å²) < 4.78 is 63.3. The number of hydrogen-bond donors (Lipinski definition) is 2. The fourth-order valence-corrected chi connectivity index (χ4v) is 4.50. The lowest BCUT2D eigenvalue weighted by Crippen LogP contribution is -2.30. The molecule has 2 fully saturated rings. The van der Waals surface area contributed by atoms with Crippen molar-refractivity contribution in [1.29, 1.82) is 0 Å². The lowest BCUT2D eigenvalue weighted by molar-refractivity contribution is -0.137. The van der Waals surface area contributed by atoms with Gasteiger partial charge in [-0.2, -0.15) is 23.1 Å². The van der Waals surface area contributed by atoms with Gasteiger partial charge in [0, 0.05) is 0 Å². The number of imidazole rings is 1. The van der Waals surface area contributed by atoms with Crippen molar-refractivity contribution in [3.8, 4) is 22.9 Å². The van der Waals surface area contributed by atoms with Crippen LogP contribution in [0.15, 0.2) is 54.9 Å². The maximum Gasteiger partial charge on any atom is 0.416 e. The minimum absolute atomic E-state index is 0.0619. The average molecular weight is 515 g/mol. The molecule has 192 valence electrons. The SMILES string of the molecule is Nc1nc(Oc2cccc(-c3ccc(C(F)(F)F)cc3)c2)nc2c1ncn2[C@@H]1O[C@H](CO)[C@H]2OCO[C@H]21. The molecular formula is C24H20F3N5O5. The van der Waals surface area contributed by atoms with Gasteiger partial charge in [0.25, 0.3) is 0 Å². The molecule has 2 aromatic carbocycles. The Labute approximate surface area is 207 Å². The molecule has 0 bridgehead atoms. The Bertz CT molecular complexity index is 1450. The Hall–Kier alpha value is -3.78. The zero-order valence-corrected chi connectivity index (χ0v) is 19.0. The highest BCUT2D eigenvalue weighted by Gasteiger charge is 2.50. The molecule has 0 amide bonds. The molecular weight excluding hydrogens is 495 g/mol. The summed E-state index contributed by atoms with van der Waals surface area (Å²) in [4.78, 5) is 12.9. The third-order valence-corrected chi connectivity index (χ3v) is 6.28. The van der Waals surface area contributed by atoms with Gasteiger partial charge < -0.3 is 29.8 Å². The molecule has 4 aromatic rings. The number of aliphatic hydroxyl groups excluding tert-OH is 1. The summed E-state index contributed by atoms with van der Waals surface area (Å²) >= 11 is 0. The quantitative estimate of drug-likeness (QED) is 0.410. The average Bonchev–Trinajstić information content (AvgIpc) is 3.59. The molecule has 37 heavy (non-hydrogen) atoms. The zero-order chi connectivity index (χ0) is 25.7. The molecule has 4 atom stereocenters. The van der Waals surface area contributed by atoms with Gasteiger partial charge in [0.1, 0.15) is 30.9 Å². The molecule has 0 saturated carbocycles. The van der Waals surface area contributed by atoms with E-state index < -0.39 is 36.3 Å². The topological polar surface area (TPSA) is 127 Å². The summed E-state index contributed by atoms with van der Waals surface area (Å²) in [6.07, 6.45) is -5.07. The summed E-state index contributed by atoms with van der Waals surface area (Å²) in [5, 5.41) is 9.65. The molecule has 4 heterocycles. The van der Waals surface area contributed by atoms with Gasteiger partial charge in [-0.15, -0.1) is 0 Å². The van der Waals surface area contributed by atoms with Crippen molar-refractivity contribution in [2.45, 2.75) is 30.7 Å². The lowest BCUT2D eigenvalue weighted by Gasteiger charge is -2.18. The highest BCUT2D eigenvalue weighted by molar-refractivity contribution is 5.82. The van der Waals surface area contributed by atoms with E-state index in [-0.39, 0.29) is 25.2 Å². The normalized spacial score (nSPS) is 23.5. The van der Waals surface area contributed by atoms with E-state index in [0.717, 1.165) is 12.1 Å². The van der Waals surface area contributed by atoms with Crippen LogP contribution in [0.4, 0.5) is 19.0 Å². The molecule has 2 aliphatic heterocycles. The summed E-state index contributed by atoms with van der Waals surface area (Å²) in [6.45, 7) is -0.159. The van der Waals surface area contributed by atoms with Crippen molar-refractivity contribution in [3.05, 3.63) is 60.4 Å². The molecule has 0 unspecified atom stereocenters. The van der Waals surface area contributed by atoms with Crippen molar-refractivity contribution in [2.24, 2.45) is 0 Å². The second kappa shape index (κ2) is 8.95. The number of benzene rings is 2. The first-order chi connectivity index (χ1) is 17.8. The van der Waals surface area contributed by atoms with Crippen LogP contribution in [0.3, 0.4) is 0 Å². The summed E-state index contributed by atoms with van der Waals surface area (Å²) in [7, 11) is 0. The Morgan fingerprint density at radius 1 is 1.05 bits per heavy atom. The number of ether oxygens (including phenoxy) is 4. The highest BCUT2D eigenvalue weighted by atomic mass is 19.4. The minimum Gasteiger partial charge on any atom is -0.424 e. The molecule has 2 saturated heterocycles. The molecule has 0 spiro atoms. The van der Waals surface area contributed by atoms with Gasteiger partial charge >= 0.3 is 12.2 Å². The first-order valence-electron chi connectivity index (χ1n) is 11.3. The number of fused-ring (bicyclic) bond motifs is 2. The molecule has 13 heteroatoms. The van der Waals surface area contributed by atoms with Crippen LogP contribution in [-0.2, 0) is 20.4 Å². The summed E-state index contributed by atoms with van der Waals surface area (Å²) in [5.74, 6) is 0.432. The third-order valence-electron chi connectivity index (χ3n) is 6.28. The zero-order valence-electron chi connectivity index (χ0n) is 19.0. The number of nitrogen functional groups attached to an aromatic ring is 1. The van der Waals surface area contributed by atoms with Crippen molar-refractivity contribution in [3.63, 3.8) is 0 Å². The molecule has 10 nitrogen and oxygen atoms in total. The molecule has 2 aliphatic rings. The van der Waals surface area contributed by atoms with E-state index in [0.29, 0.717) is 28.0 Å². The molecule has 6 rings (SSSR count). The van der Waals surface area contributed by atoms with E-state index >= 15 is 0 Å². The van der Waals surface area contributed by atoms with E-state index in [1.165, 1.54) is 18.5 Å². The van der Waals surface area contributed by atoms with Gasteiger partial charge in [-0.25, -0.2) is 4.98 Å². The lowest BCUT2D eigenvalue weighted by atomic mass is 10.0. The highest BCUT2D eigenvalue weighted by Crippen LogP contribution is 2.39. The number of hydrogen-bond acceptors (Lipinski definition) is 9. The van der Waals surface area contributed by atoms with Gasteiger partial charge in [0.15, 0.2) is 23.2 Å². The van der Waals surface area contributed by atoms with E-state index in [2.05, 4.69) is 15.0 Å². The van der Waals surface area contributed by atoms with Crippen LogP contribution in [0.5, 0.6) is 11.8 Å². The number of rotatable bonds is 5. The van der Waals surface area contributed by atoms with Crippen molar-refractivity contribution < 1.29 is 37.2 Å². The summed E-state index contributed by atoms with van der Waals surface area (Å²) in [5.41, 5.74) is 7.28. The number of nitrogens with zero attached hydrogens (tertiary/aromatic N) is 4. The van der Waals surface area contributed by atoms with Gasteiger partial charge in [-0.3, -0.25) is 4.57 Å². The van der Waals surface area contributed by atoms with Crippen LogP contribution in [0.25, 0.3) is 22.3 Å². The third kappa shape index (κ3) is 4.25. The van der Waals surface area contributed by atoms with Crippen LogP contribution in [-0.4, -0.2) is 56.3 Å². The number of aliphatic hydroxyl groups is 1. The fourth-order valence-electron chi connectivity index (χ4n) is 4.50. The first kappa shape index (κ1) is 23.6. The number of nitrogens with two attached hydrogens (primary N) is 1. The maximum atomic E-state index is 12.9. The van der Waals surface area contributed by atoms with Crippen LogP contribution < -0.4 is 10.5 Å². The summed E-state index contributed by atoms with van der Waals surface area (Å²) in [6, 6.07) is 11.5. The van der Waals surface area contributed by atoms with Gasteiger partial charge in [-0.1, -0.05) is 24.3 Å². The van der Waals surface area contributed by atoms with E-state index in [4.69, 9.17) is 24.7 Å². The predicted octanol–water partition coefficient (Wildman–Crippen LogP) is 3.52. The smallest absolute Gasteiger partial charge is 0.416 e. The van der Waals surface area contributed by atoms with E-state index in [1.807, 2.05) is 0 Å². The largest absolute Gasteiger partial charge is 0.424 e. The fraction of sp³-hybridized carbons (Fsp3) is 0.292. The monoisotopic (exact) mass is 515 g/mol. The van der Waals surface area contributed by atoms with E-state index in [9.17, 15) is 18.3 Å². The maximum absolute atomic E-state index is 12.9. The minimum atomic E-state index is -4.41. The molecule has 0 aliphatic carbocycles. The Balaban J connectivity index is 1.29. The predicted molar refractivity (Wildman–Crippen MR) is 122 cm³/mol. The molecule has 0 radical (unpaired) electrons.